The van der Waals surface area contributed by atoms with Crippen LogP contribution in [0.2, 0.25) is 5.02 Å². The summed E-state index contributed by atoms with van der Waals surface area (Å²) in [5.74, 6) is -0.216. The van der Waals surface area contributed by atoms with Crippen molar-refractivity contribution < 1.29 is 9.72 Å². The van der Waals surface area contributed by atoms with E-state index in [0.717, 1.165) is 28.1 Å². The van der Waals surface area contributed by atoms with Crippen molar-refractivity contribution in [3.63, 3.8) is 0 Å². The van der Waals surface area contributed by atoms with Crippen molar-refractivity contribution in [3.8, 4) is 0 Å². The average molecular weight is 388 g/mol. The highest BCUT2D eigenvalue weighted by Gasteiger charge is 2.33. The molecule has 1 aliphatic rings. The average Bonchev–Trinajstić information content (AvgIpc) is 3.27. The largest absolute Gasteiger partial charge is 0.329 e. The van der Waals surface area contributed by atoms with Gasteiger partial charge < -0.3 is 4.90 Å². The summed E-state index contributed by atoms with van der Waals surface area (Å²) in [4.78, 5) is 29.8. The lowest BCUT2D eigenvalue weighted by molar-refractivity contribution is -0.384. The number of carbonyl (C=O) groups is 1. The van der Waals surface area contributed by atoms with Crippen LogP contribution in [0.3, 0.4) is 0 Å². The Hall–Kier alpha value is -2.51. The number of non-ortho nitro benzene ring substituents is 1. The number of rotatable bonds is 3. The van der Waals surface area contributed by atoms with E-state index in [-0.39, 0.29) is 28.2 Å². The van der Waals surface area contributed by atoms with Crippen LogP contribution >= 0.6 is 22.9 Å². The summed E-state index contributed by atoms with van der Waals surface area (Å²) in [5.41, 5.74) is 1.08. The summed E-state index contributed by atoms with van der Waals surface area (Å²) in [5, 5.41) is 11.9. The van der Waals surface area contributed by atoms with Crippen molar-refractivity contribution in [3.05, 3.63) is 68.2 Å². The zero-order valence-electron chi connectivity index (χ0n) is 13.6. The van der Waals surface area contributed by atoms with Crippen molar-refractivity contribution >= 4 is 44.7 Å². The molecule has 0 spiro atoms. The van der Waals surface area contributed by atoms with E-state index in [1.54, 1.807) is 16.2 Å². The highest BCUT2D eigenvalue weighted by atomic mass is 35.5. The Morgan fingerprint density at radius 2 is 2.12 bits per heavy atom. The second-order valence-electron chi connectivity index (χ2n) is 6.10. The van der Waals surface area contributed by atoms with Gasteiger partial charge in [0.1, 0.15) is 5.01 Å². The van der Waals surface area contributed by atoms with Crippen molar-refractivity contribution in [2.24, 2.45) is 0 Å². The van der Waals surface area contributed by atoms with Crippen molar-refractivity contribution in [1.82, 2.24) is 9.88 Å². The number of fused-ring (bicyclic) bond motifs is 1. The molecule has 1 aliphatic heterocycles. The Morgan fingerprint density at radius 1 is 1.31 bits per heavy atom. The summed E-state index contributed by atoms with van der Waals surface area (Å²) < 4.78 is 1.09. The molecule has 8 heteroatoms. The molecule has 1 amide bonds. The van der Waals surface area contributed by atoms with E-state index < -0.39 is 4.92 Å². The first kappa shape index (κ1) is 16.9. The summed E-state index contributed by atoms with van der Waals surface area (Å²) in [6, 6.07) is 11.8. The van der Waals surface area contributed by atoms with E-state index in [1.807, 2.05) is 24.3 Å². The molecule has 26 heavy (non-hydrogen) atoms. The van der Waals surface area contributed by atoms with E-state index >= 15 is 0 Å². The smallest absolute Gasteiger partial charge is 0.270 e. The maximum atomic E-state index is 13.0. The second-order valence-corrected chi connectivity index (χ2v) is 7.57. The van der Waals surface area contributed by atoms with Gasteiger partial charge in [0.15, 0.2) is 0 Å². The maximum absolute atomic E-state index is 13.0. The van der Waals surface area contributed by atoms with Crippen molar-refractivity contribution in [1.29, 1.82) is 0 Å². The minimum Gasteiger partial charge on any atom is -0.329 e. The number of nitro benzene ring substituents is 1. The van der Waals surface area contributed by atoms with Crippen molar-refractivity contribution in [2.45, 2.75) is 18.9 Å². The molecule has 0 bridgehead atoms. The van der Waals surface area contributed by atoms with Gasteiger partial charge in [-0.2, -0.15) is 0 Å². The fraction of sp³-hybridized carbons (Fsp3) is 0.222. The van der Waals surface area contributed by atoms with Crippen LogP contribution in [0.5, 0.6) is 0 Å². The van der Waals surface area contributed by atoms with Gasteiger partial charge in [-0.05, 0) is 31.0 Å². The van der Waals surface area contributed by atoms with E-state index in [0.29, 0.717) is 6.54 Å². The van der Waals surface area contributed by atoms with Crippen LogP contribution < -0.4 is 0 Å². The van der Waals surface area contributed by atoms with Gasteiger partial charge in [0.05, 0.1) is 31.8 Å². The topological polar surface area (TPSA) is 76.3 Å². The number of para-hydroxylation sites is 1. The minimum atomic E-state index is -0.528. The number of thiazole rings is 1. The van der Waals surface area contributed by atoms with Gasteiger partial charge in [0.2, 0.25) is 0 Å². The molecule has 3 aromatic rings. The third-order valence-electron chi connectivity index (χ3n) is 4.50. The molecule has 0 saturated carbocycles. The Morgan fingerprint density at radius 3 is 2.85 bits per heavy atom. The molecule has 4 rings (SSSR count). The minimum absolute atomic E-state index is 0.0915. The number of carbonyl (C=O) groups excluding carboxylic acids is 1. The van der Waals surface area contributed by atoms with E-state index in [2.05, 4.69) is 4.98 Å². The predicted octanol–water partition coefficient (Wildman–Crippen LogP) is 4.84. The quantitative estimate of drug-likeness (QED) is 0.476. The fourth-order valence-electron chi connectivity index (χ4n) is 3.24. The highest BCUT2D eigenvalue weighted by Crippen LogP contribution is 2.38. The third kappa shape index (κ3) is 2.93. The van der Waals surface area contributed by atoms with Crippen LogP contribution in [0.15, 0.2) is 42.5 Å². The maximum Gasteiger partial charge on any atom is 0.270 e. The second kappa shape index (κ2) is 6.66. The lowest BCUT2D eigenvalue weighted by Crippen LogP contribution is -2.30. The molecule has 1 saturated heterocycles. The van der Waals surface area contributed by atoms with Gasteiger partial charge in [-0.25, -0.2) is 4.98 Å². The van der Waals surface area contributed by atoms with Crippen LogP contribution in [0, 0.1) is 10.1 Å². The fourth-order valence-corrected chi connectivity index (χ4v) is 4.62. The van der Waals surface area contributed by atoms with Crippen LogP contribution in [-0.2, 0) is 0 Å². The molecule has 132 valence electrons. The van der Waals surface area contributed by atoms with Crippen LogP contribution in [0.25, 0.3) is 10.2 Å². The Balaban J connectivity index is 1.65. The van der Waals surface area contributed by atoms with E-state index in [4.69, 9.17) is 11.6 Å². The van der Waals surface area contributed by atoms with Gasteiger partial charge in [-0.15, -0.1) is 11.3 Å². The standard InChI is InChI=1S/C18H14ClN3O3S/c19-13-10-11(22(24)25)7-8-12(13)18(23)21-9-3-5-15(21)17-20-14-4-1-2-6-16(14)26-17/h1-2,4,6-8,10,15H,3,5,9H2/t15-/m1/s1. The summed E-state index contributed by atoms with van der Waals surface area (Å²) in [7, 11) is 0. The molecule has 2 aromatic carbocycles. The molecule has 1 fully saturated rings. The molecule has 1 aromatic heterocycles. The van der Waals surface area contributed by atoms with Gasteiger partial charge >= 0.3 is 0 Å². The van der Waals surface area contributed by atoms with Crippen molar-refractivity contribution in [2.75, 3.05) is 6.54 Å². The molecule has 0 aliphatic carbocycles. The van der Waals surface area contributed by atoms with E-state index in [9.17, 15) is 14.9 Å². The highest BCUT2D eigenvalue weighted by molar-refractivity contribution is 7.18. The van der Waals surface area contributed by atoms with Gasteiger partial charge in [-0.3, -0.25) is 14.9 Å². The van der Waals surface area contributed by atoms with Crippen LogP contribution in [0.1, 0.15) is 34.2 Å². The molecular weight excluding hydrogens is 374 g/mol. The number of amides is 1. The summed E-state index contributed by atoms with van der Waals surface area (Å²) in [6.45, 7) is 0.618. The lowest BCUT2D eigenvalue weighted by atomic mass is 10.1. The molecule has 0 radical (unpaired) electrons. The molecule has 0 N–H and O–H groups in total. The number of halogens is 1. The Labute approximate surface area is 158 Å². The van der Waals surface area contributed by atoms with E-state index in [1.165, 1.54) is 18.2 Å². The molecule has 1 atom stereocenters. The summed E-state index contributed by atoms with van der Waals surface area (Å²) >= 11 is 7.73. The lowest BCUT2D eigenvalue weighted by Gasteiger charge is -2.23. The predicted molar refractivity (Wildman–Crippen MR) is 101 cm³/mol. The normalized spacial score (nSPS) is 17.0. The van der Waals surface area contributed by atoms with Gasteiger partial charge in [0.25, 0.3) is 11.6 Å². The number of hydrogen-bond acceptors (Lipinski definition) is 5. The Bertz CT molecular complexity index is 987. The van der Waals surface area contributed by atoms with Gasteiger partial charge in [0, 0.05) is 18.7 Å². The number of nitro groups is 1. The number of likely N-dealkylation sites (tertiary alicyclic amines) is 1. The number of hydrogen-bond donors (Lipinski definition) is 0. The molecular formula is C18H14ClN3O3S. The first-order chi connectivity index (χ1) is 12.5. The molecule has 6 nitrogen and oxygen atoms in total. The zero-order valence-corrected chi connectivity index (χ0v) is 15.2. The van der Waals surface area contributed by atoms with Gasteiger partial charge in [-0.1, -0.05) is 23.7 Å². The molecule has 2 heterocycles. The first-order valence-corrected chi connectivity index (χ1v) is 9.34. The number of nitrogens with zero attached hydrogens (tertiary/aromatic N) is 3. The van der Waals surface area contributed by atoms with Crippen LogP contribution in [-0.4, -0.2) is 27.3 Å². The third-order valence-corrected chi connectivity index (χ3v) is 5.95. The first-order valence-electron chi connectivity index (χ1n) is 8.15. The Kier molecular flexibility index (Phi) is 4.34. The number of aromatic nitrogens is 1. The number of benzene rings is 2. The van der Waals surface area contributed by atoms with Crippen LogP contribution in [0.4, 0.5) is 5.69 Å². The monoisotopic (exact) mass is 387 g/mol. The SMILES string of the molecule is O=C(c1ccc([N+](=O)[O-])cc1Cl)N1CCC[C@@H]1c1nc2ccccc2s1. The molecule has 0 unspecified atom stereocenters. The zero-order chi connectivity index (χ0) is 18.3. The summed E-state index contributed by atoms with van der Waals surface area (Å²) in [6.07, 6.45) is 1.73.